The monoisotopic (exact) mass is 838 g/mol. The molecule has 1 aromatic carbocycles. The number of likely N-dealkylation sites (N-methyl/N-ethyl adjacent to an activating group) is 1. The molecule has 4 fully saturated rings. The fourth-order valence-electron chi connectivity index (χ4n) is 10.4. The van der Waals surface area contributed by atoms with E-state index in [1.54, 1.807) is 39.0 Å². The van der Waals surface area contributed by atoms with Crippen LogP contribution in [0.2, 0.25) is 0 Å². The fourth-order valence-corrected chi connectivity index (χ4v) is 10.4. The molecule has 6 rings (SSSR count). The molecule has 4 aliphatic heterocycles. The van der Waals surface area contributed by atoms with Crippen LogP contribution in [0.25, 0.3) is 10.9 Å². The molecule has 60 heavy (non-hydrogen) atoms. The van der Waals surface area contributed by atoms with Gasteiger partial charge in [0.25, 0.3) is 0 Å². The summed E-state index contributed by atoms with van der Waals surface area (Å²) in [6.07, 6.45) is -2.39. The van der Waals surface area contributed by atoms with E-state index in [1.165, 1.54) is 14.0 Å². The smallest absolute Gasteiger partial charge is 0.411 e. The number of hydrogen-bond acceptors (Lipinski definition) is 14. The van der Waals surface area contributed by atoms with Crippen LogP contribution in [0, 0.1) is 23.7 Å². The first-order chi connectivity index (χ1) is 28.3. The number of esters is 1. The lowest BCUT2D eigenvalue weighted by Crippen LogP contribution is -2.65. The first-order valence-electron chi connectivity index (χ1n) is 21.4. The van der Waals surface area contributed by atoms with Crippen LogP contribution in [0.4, 0.5) is 4.79 Å². The number of ether oxygens (including phenoxy) is 6. The lowest BCUT2D eigenvalue weighted by atomic mass is 9.73. The summed E-state index contributed by atoms with van der Waals surface area (Å²) in [6, 6.07) is 6.47. The van der Waals surface area contributed by atoms with Crippen molar-refractivity contribution in [1.82, 2.24) is 19.7 Å². The summed E-state index contributed by atoms with van der Waals surface area (Å²) in [5, 5.41) is 12.5. The van der Waals surface area contributed by atoms with E-state index in [1.807, 2.05) is 71.0 Å². The topological polar surface area (TPSA) is 166 Å². The van der Waals surface area contributed by atoms with Gasteiger partial charge >= 0.3 is 12.1 Å². The van der Waals surface area contributed by atoms with E-state index in [4.69, 9.17) is 28.4 Å². The van der Waals surface area contributed by atoms with Crippen LogP contribution in [0.15, 0.2) is 30.5 Å². The third kappa shape index (κ3) is 8.42. The molecule has 1 aromatic heterocycles. The van der Waals surface area contributed by atoms with E-state index in [-0.39, 0.29) is 36.8 Å². The highest BCUT2D eigenvalue weighted by atomic mass is 16.7. The van der Waals surface area contributed by atoms with Crippen LogP contribution < -0.4 is 4.74 Å². The van der Waals surface area contributed by atoms with E-state index in [2.05, 4.69) is 9.88 Å². The summed E-state index contributed by atoms with van der Waals surface area (Å²) in [5.74, 6) is -4.34. The van der Waals surface area contributed by atoms with Crippen LogP contribution in [-0.2, 0) is 44.6 Å². The van der Waals surface area contributed by atoms with Gasteiger partial charge in [0.05, 0.1) is 48.7 Å². The number of carbonyl (C=O) groups excluding carboxylic acids is 4. The minimum atomic E-state index is -1.43. The van der Waals surface area contributed by atoms with E-state index in [0.29, 0.717) is 31.8 Å². The summed E-state index contributed by atoms with van der Waals surface area (Å²) in [5.41, 5.74) is -0.865. The SMILES string of the molecule is CC[C@H]1OC(=O)[C@H](C)C(=O)[C@H](C)[C@@H](O[C@@H]2O[C@H](C)C[C@H](N(C)C)[C@H]2O)[C@](C)(OC)C[C@@H](C)C(=O)[C@H](C)[C@H]2N(C3CN(Cc4c(OC)cnc5ccccc45)C3)C(=O)O[C@]12C. The van der Waals surface area contributed by atoms with Gasteiger partial charge in [-0.2, -0.15) is 0 Å². The minimum Gasteiger partial charge on any atom is -0.495 e. The number of fused-ring (bicyclic) bond motifs is 2. The standard InChI is InChI=1S/C45H66N4O11/c1-13-35-45(8)39(49(43(54)60-45)29-21-48(22-29)23-31-30-16-14-15-17-32(30)46-20-34(31)55-11)26(4)36(50)24(2)19-44(7,56-12)40(27(5)37(51)28(6)41(53)58-35)59-42-38(52)33(47(9)10)18-25(3)57-42/h14-17,20,24-29,33,35,38-40,42,52H,13,18-19,21-23H2,1-12H3/t24-,25-,26+,27+,28-,33+,35-,38-,39-,40-,42+,44-,45-/m1/s1. The summed E-state index contributed by atoms with van der Waals surface area (Å²) in [7, 11) is 6.87. The van der Waals surface area contributed by atoms with Crippen molar-refractivity contribution in [3.63, 3.8) is 0 Å². The first-order valence-corrected chi connectivity index (χ1v) is 21.4. The fraction of sp³-hybridized carbons (Fsp3) is 0.711. The molecule has 13 atom stereocenters. The van der Waals surface area contributed by atoms with Gasteiger partial charge in [-0.15, -0.1) is 0 Å². The van der Waals surface area contributed by atoms with Crippen molar-refractivity contribution in [2.45, 2.75) is 141 Å². The number of nitrogens with zero attached hydrogens (tertiary/aromatic N) is 4. The Hall–Kier alpha value is -3.73. The molecule has 0 spiro atoms. The second-order valence-electron chi connectivity index (χ2n) is 18.3. The Morgan fingerprint density at radius 3 is 2.30 bits per heavy atom. The summed E-state index contributed by atoms with van der Waals surface area (Å²) >= 11 is 0. The van der Waals surface area contributed by atoms with Crippen LogP contribution in [0.5, 0.6) is 5.75 Å². The van der Waals surface area contributed by atoms with E-state index in [0.717, 1.165) is 16.5 Å². The number of amides is 1. The normalized spacial score (nSPS) is 37.7. The molecule has 332 valence electrons. The maximum atomic E-state index is 14.9. The third-order valence-electron chi connectivity index (χ3n) is 13.9. The second-order valence-corrected chi connectivity index (χ2v) is 18.3. The van der Waals surface area contributed by atoms with Gasteiger partial charge in [0.2, 0.25) is 0 Å². The van der Waals surface area contributed by atoms with Crippen LogP contribution in [0.3, 0.4) is 0 Å². The van der Waals surface area contributed by atoms with Gasteiger partial charge in [0, 0.05) is 61.5 Å². The number of Topliss-reactive ketones (excluding diaryl/α,β-unsaturated/α-hetero) is 2. The van der Waals surface area contributed by atoms with Crippen molar-refractivity contribution in [1.29, 1.82) is 0 Å². The third-order valence-corrected chi connectivity index (χ3v) is 13.9. The van der Waals surface area contributed by atoms with Crippen molar-refractivity contribution in [2.24, 2.45) is 23.7 Å². The maximum absolute atomic E-state index is 14.9. The van der Waals surface area contributed by atoms with Crippen molar-refractivity contribution >= 4 is 34.5 Å². The molecule has 0 saturated carbocycles. The molecule has 4 aliphatic rings. The predicted molar refractivity (Wildman–Crippen MR) is 222 cm³/mol. The van der Waals surface area contributed by atoms with Crippen LogP contribution in [-0.4, -0.2) is 150 Å². The van der Waals surface area contributed by atoms with Gasteiger partial charge < -0.3 is 38.4 Å². The van der Waals surface area contributed by atoms with Gasteiger partial charge in [-0.1, -0.05) is 45.9 Å². The number of benzene rings is 1. The number of hydrogen-bond donors (Lipinski definition) is 1. The molecule has 0 radical (unpaired) electrons. The Bertz CT molecular complexity index is 1910. The van der Waals surface area contributed by atoms with Crippen molar-refractivity contribution < 1.29 is 52.7 Å². The molecule has 0 unspecified atom stereocenters. The molecule has 15 heteroatoms. The first kappa shape index (κ1) is 45.8. The Kier molecular flexibility index (Phi) is 13.7. The molecule has 1 amide bonds. The number of para-hydroxylation sites is 1. The highest BCUT2D eigenvalue weighted by Crippen LogP contribution is 2.45. The Morgan fingerprint density at radius 2 is 1.67 bits per heavy atom. The molecule has 2 aromatic rings. The number of pyridine rings is 1. The molecule has 4 saturated heterocycles. The quantitative estimate of drug-likeness (QED) is 0.274. The average Bonchev–Trinajstić information content (AvgIpc) is 3.48. The van der Waals surface area contributed by atoms with Crippen LogP contribution >= 0.6 is 0 Å². The molecular formula is C45H66N4O11. The number of methoxy groups -OCH3 is 2. The molecule has 1 N–H and O–H groups in total. The zero-order chi connectivity index (χ0) is 44.0. The van der Waals surface area contributed by atoms with Crippen LogP contribution in [0.1, 0.15) is 80.2 Å². The number of ketones is 2. The number of likely N-dealkylation sites (tertiary alicyclic amines) is 1. The number of carbonyl (C=O) groups is 4. The molecule has 0 aliphatic carbocycles. The Morgan fingerprint density at radius 1 is 0.983 bits per heavy atom. The number of aliphatic hydroxyl groups is 1. The van der Waals surface area contributed by atoms with Crippen molar-refractivity contribution in [3.05, 3.63) is 36.0 Å². The van der Waals surface area contributed by atoms with E-state index < -0.39 is 83.4 Å². The van der Waals surface area contributed by atoms with Crippen molar-refractivity contribution in [3.8, 4) is 5.75 Å². The molecular weight excluding hydrogens is 773 g/mol. The summed E-state index contributed by atoms with van der Waals surface area (Å²) < 4.78 is 37.2. The highest BCUT2D eigenvalue weighted by molar-refractivity contribution is 6.00. The van der Waals surface area contributed by atoms with Crippen molar-refractivity contribution in [2.75, 3.05) is 41.4 Å². The number of aromatic nitrogens is 1. The number of cyclic esters (lactones) is 1. The lowest BCUT2D eigenvalue weighted by Gasteiger charge is -2.49. The zero-order valence-corrected chi connectivity index (χ0v) is 37.4. The van der Waals surface area contributed by atoms with E-state index in [9.17, 15) is 24.3 Å². The predicted octanol–water partition coefficient (Wildman–Crippen LogP) is 4.63. The van der Waals surface area contributed by atoms with Gasteiger partial charge in [-0.25, -0.2) is 4.79 Å². The molecule has 0 bridgehead atoms. The van der Waals surface area contributed by atoms with Gasteiger partial charge in [-0.05, 0) is 67.1 Å². The second kappa shape index (κ2) is 17.9. The number of aliphatic hydroxyl groups excluding tert-OH is 1. The molecule has 15 nitrogen and oxygen atoms in total. The maximum Gasteiger partial charge on any atom is 0.411 e. The summed E-state index contributed by atoms with van der Waals surface area (Å²) in [4.78, 5) is 67.9. The largest absolute Gasteiger partial charge is 0.495 e. The minimum absolute atomic E-state index is 0.123. The molecule has 5 heterocycles. The number of rotatable bonds is 9. The van der Waals surface area contributed by atoms with Gasteiger partial charge in [-0.3, -0.25) is 29.2 Å². The van der Waals surface area contributed by atoms with Gasteiger partial charge in [0.15, 0.2) is 17.7 Å². The van der Waals surface area contributed by atoms with Gasteiger partial charge in [0.1, 0.15) is 29.7 Å². The Labute approximate surface area is 354 Å². The zero-order valence-electron chi connectivity index (χ0n) is 37.4. The summed E-state index contributed by atoms with van der Waals surface area (Å²) in [6.45, 7) is 15.6. The highest BCUT2D eigenvalue weighted by Gasteiger charge is 2.62. The average molecular weight is 839 g/mol. The van der Waals surface area contributed by atoms with E-state index >= 15 is 0 Å². The lowest BCUT2D eigenvalue weighted by molar-refractivity contribution is -0.295. The Balaban J connectivity index is 1.33.